The SMILES string of the molecule is O=C1C[C@@H](c2ccc(OCc3ccccc3)cc2)c2sccc2N1. The number of ether oxygens (including phenoxy) is 1. The summed E-state index contributed by atoms with van der Waals surface area (Å²) in [5.74, 6) is 1.06. The molecule has 1 atom stereocenters. The van der Waals surface area contributed by atoms with Crippen LogP contribution in [0.2, 0.25) is 0 Å². The Morgan fingerprint density at radius 1 is 1.04 bits per heavy atom. The fourth-order valence-corrected chi connectivity index (χ4v) is 3.96. The average Bonchev–Trinajstić information content (AvgIpc) is 3.09. The first-order chi connectivity index (χ1) is 11.8. The van der Waals surface area contributed by atoms with E-state index < -0.39 is 0 Å². The van der Waals surface area contributed by atoms with Crippen LogP contribution in [0.25, 0.3) is 0 Å². The van der Waals surface area contributed by atoms with Gasteiger partial charge >= 0.3 is 0 Å². The minimum absolute atomic E-state index is 0.0790. The zero-order chi connectivity index (χ0) is 16.4. The van der Waals surface area contributed by atoms with E-state index in [0.29, 0.717) is 13.0 Å². The monoisotopic (exact) mass is 335 g/mol. The second-order valence-electron chi connectivity index (χ2n) is 5.85. The maximum absolute atomic E-state index is 11.9. The van der Waals surface area contributed by atoms with Gasteiger partial charge in [-0.1, -0.05) is 42.5 Å². The van der Waals surface area contributed by atoms with Crippen LogP contribution in [0.5, 0.6) is 5.75 Å². The minimum atomic E-state index is 0.0790. The molecule has 1 N–H and O–H groups in total. The summed E-state index contributed by atoms with van der Waals surface area (Å²) in [6.07, 6.45) is 0.498. The molecule has 0 saturated carbocycles. The van der Waals surface area contributed by atoms with Crippen molar-refractivity contribution in [3.63, 3.8) is 0 Å². The average molecular weight is 335 g/mol. The van der Waals surface area contributed by atoms with E-state index in [4.69, 9.17) is 4.74 Å². The fraction of sp³-hybridized carbons (Fsp3) is 0.150. The van der Waals surface area contributed by atoms with E-state index in [1.807, 2.05) is 53.9 Å². The van der Waals surface area contributed by atoms with Crippen LogP contribution in [0.1, 0.15) is 28.3 Å². The van der Waals surface area contributed by atoms with Crippen LogP contribution >= 0.6 is 11.3 Å². The first-order valence-electron chi connectivity index (χ1n) is 7.93. The zero-order valence-electron chi connectivity index (χ0n) is 13.1. The summed E-state index contributed by atoms with van der Waals surface area (Å²) in [5, 5.41) is 4.96. The van der Waals surface area contributed by atoms with E-state index in [1.165, 1.54) is 4.88 Å². The van der Waals surface area contributed by atoms with Gasteiger partial charge in [0.2, 0.25) is 5.91 Å². The predicted molar refractivity (Wildman–Crippen MR) is 96.6 cm³/mol. The number of nitrogens with one attached hydrogen (secondary N) is 1. The number of fused-ring (bicyclic) bond motifs is 1. The largest absolute Gasteiger partial charge is 0.489 e. The highest BCUT2D eigenvalue weighted by molar-refractivity contribution is 7.10. The second-order valence-corrected chi connectivity index (χ2v) is 6.79. The molecule has 2 aromatic carbocycles. The van der Waals surface area contributed by atoms with Gasteiger partial charge in [0.25, 0.3) is 0 Å². The molecule has 120 valence electrons. The molecule has 0 spiro atoms. The Labute approximate surface area is 144 Å². The molecule has 0 radical (unpaired) electrons. The molecular weight excluding hydrogens is 318 g/mol. The summed E-state index contributed by atoms with van der Waals surface area (Å²) in [4.78, 5) is 13.1. The van der Waals surface area contributed by atoms with Crippen molar-refractivity contribution in [2.45, 2.75) is 18.9 Å². The van der Waals surface area contributed by atoms with Crippen molar-refractivity contribution in [2.24, 2.45) is 0 Å². The Morgan fingerprint density at radius 2 is 1.83 bits per heavy atom. The molecule has 0 fully saturated rings. The first kappa shape index (κ1) is 15.0. The van der Waals surface area contributed by atoms with Gasteiger partial charge in [-0.15, -0.1) is 11.3 Å². The molecule has 4 rings (SSSR count). The van der Waals surface area contributed by atoms with Crippen molar-refractivity contribution < 1.29 is 9.53 Å². The van der Waals surface area contributed by atoms with Gasteiger partial charge in [0.05, 0.1) is 5.69 Å². The third kappa shape index (κ3) is 3.05. The molecule has 0 unspecified atom stereocenters. The Bertz CT molecular complexity index is 840. The lowest BCUT2D eigenvalue weighted by atomic mass is 9.91. The third-order valence-corrected chi connectivity index (χ3v) is 5.24. The van der Waals surface area contributed by atoms with Crippen LogP contribution in [0.3, 0.4) is 0 Å². The summed E-state index contributed by atoms with van der Waals surface area (Å²) in [7, 11) is 0. The lowest BCUT2D eigenvalue weighted by Crippen LogP contribution is -2.21. The smallest absolute Gasteiger partial charge is 0.225 e. The normalized spacial score (nSPS) is 16.3. The molecule has 2 heterocycles. The number of rotatable bonds is 4. The highest BCUT2D eigenvalue weighted by atomic mass is 32.1. The van der Waals surface area contributed by atoms with E-state index in [1.54, 1.807) is 11.3 Å². The molecule has 24 heavy (non-hydrogen) atoms. The van der Waals surface area contributed by atoms with Gasteiger partial charge in [-0.2, -0.15) is 0 Å². The van der Waals surface area contributed by atoms with E-state index in [-0.39, 0.29) is 11.8 Å². The number of amides is 1. The van der Waals surface area contributed by atoms with Crippen molar-refractivity contribution in [3.05, 3.63) is 82.0 Å². The van der Waals surface area contributed by atoms with Crippen LogP contribution in [0.15, 0.2) is 66.0 Å². The summed E-state index contributed by atoms with van der Waals surface area (Å²) in [6.45, 7) is 0.557. The molecule has 3 nitrogen and oxygen atoms in total. The summed E-state index contributed by atoms with van der Waals surface area (Å²) < 4.78 is 5.83. The topological polar surface area (TPSA) is 38.3 Å². The standard InChI is InChI=1S/C20H17NO2S/c22-19-12-17(20-18(21-19)10-11-24-20)15-6-8-16(9-7-15)23-13-14-4-2-1-3-5-14/h1-11,17H,12-13H2,(H,21,22)/t17-/m0/s1. The van der Waals surface area contributed by atoms with Crippen LogP contribution in [-0.2, 0) is 11.4 Å². The Kier molecular flexibility index (Phi) is 4.05. The van der Waals surface area contributed by atoms with Crippen LogP contribution in [0, 0.1) is 0 Å². The maximum Gasteiger partial charge on any atom is 0.225 e. The van der Waals surface area contributed by atoms with Gasteiger partial charge in [-0.25, -0.2) is 0 Å². The van der Waals surface area contributed by atoms with Crippen molar-refractivity contribution in [3.8, 4) is 5.75 Å². The molecule has 1 aromatic heterocycles. The number of carbonyl (C=O) groups is 1. The molecule has 3 aromatic rings. The van der Waals surface area contributed by atoms with E-state index in [0.717, 1.165) is 22.6 Å². The molecule has 1 aliphatic heterocycles. The Hall–Kier alpha value is -2.59. The number of thiophene rings is 1. The van der Waals surface area contributed by atoms with Crippen LogP contribution < -0.4 is 10.1 Å². The number of benzene rings is 2. The maximum atomic E-state index is 11.9. The van der Waals surface area contributed by atoms with Gasteiger partial charge < -0.3 is 10.1 Å². The number of carbonyl (C=O) groups excluding carboxylic acids is 1. The first-order valence-corrected chi connectivity index (χ1v) is 8.81. The van der Waals surface area contributed by atoms with Gasteiger partial charge in [0.1, 0.15) is 12.4 Å². The van der Waals surface area contributed by atoms with E-state index >= 15 is 0 Å². The minimum Gasteiger partial charge on any atom is -0.489 e. The molecule has 1 amide bonds. The molecule has 0 saturated heterocycles. The Morgan fingerprint density at radius 3 is 2.62 bits per heavy atom. The molecule has 0 bridgehead atoms. The number of hydrogen-bond acceptors (Lipinski definition) is 3. The van der Waals surface area contributed by atoms with Crippen molar-refractivity contribution in [1.29, 1.82) is 0 Å². The summed E-state index contributed by atoms with van der Waals surface area (Å²) >= 11 is 1.70. The molecule has 4 heteroatoms. The molecule has 0 aliphatic carbocycles. The number of anilines is 1. The van der Waals surface area contributed by atoms with Gasteiger partial charge in [-0.05, 0) is 34.7 Å². The molecular formula is C20H17NO2S. The lowest BCUT2D eigenvalue weighted by Gasteiger charge is -2.23. The quantitative estimate of drug-likeness (QED) is 0.743. The summed E-state index contributed by atoms with van der Waals surface area (Å²) in [5.41, 5.74) is 3.25. The van der Waals surface area contributed by atoms with Crippen molar-refractivity contribution in [1.82, 2.24) is 0 Å². The molecule has 1 aliphatic rings. The summed E-state index contributed by atoms with van der Waals surface area (Å²) in [6, 6.07) is 20.2. The van der Waals surface area contributed by atoms with E-state index in [2.05, 4.69) is 17.4 Å². The van der Waals surface area contributed by atoms with Gasteiger partial charge in [0.15, 0.2) is 0 Å². The van der Waals surface area contributed by atoms with Crippen LogP contribution in [0.4, 0.5) is 5.69 Å². The van der Waals surface area contributed by atoms with Gasteiger partial charge in [0, 0.05) is 17.2 Å². The number of hydrogen-bond donors (Lipinski definition) is 1. The lowest BCUT2D eigenvalue weighted by molar-refractivity contribution is -0.116. The fourth-order valence-electron chi connectivity index (χ4n) is 2.98. The predicted octanol–water partition coefficient (Wildman–Crippen LogP) is 4.80. The highest BCUT2D eigenvalue weighted by Crippen LogP contribution is 2.40. The Balaban J connectivity index is 1.49. The highest BCUT2D eigenvalue weighted by Gasteiger charge is 2.27. The zero-order valence-corrected chi connectivity index (χ0v) is 13.9. The van der Waals surface area contributed by atoms with Crippen LogP contribution in [-0.4, -0.2) is 5.91 Å². The van der Waals surface area contributed by atoms with Gasteiger partial charge in [-0.3, -0.25) is 4.79 Å². The third-order valence-electron chi connectivity index (χ3n) is 4.21. The second kappa shape index (κ2) is 6.49. The van der Waals surface area contributed by atoms with E-state index in [9.17, 15) is 4.79 Å². The van der Waals surface area contributed by atoms with Crippen molar-refractivity contribution >= 4 is 22.9 Å². The van der Waals surface area contributed by atoms with Crippen molar-refractivity contribution in [2.75, 3.05) is 5.32 Å².